The van der Waals surface area contributed by atoms with Gasteiger partial charge in [-0.3, -0.25) is 4.98 Å². The van der Waals surface area contributed by atoms with Crippen molar-refractivity contribution in [2.45, 2.75) is 4.90 Å². The first kappa shape index (κ1) is 22.3. The Hall–Kier alpha value is -2.92. The minimum Gasteiger partial charge on any atom is -0.495 e. The molecule has 3 aromatic rings. The lowest BCUT2D eigenvalue weighted by atomic mass is 10.1. The Balaban J connectivity index is 1.97. The normalized spacial score (nSPS) is 14.9. The fourth-order valence-corrected chi connectivity index (χ4v) is 5.22. The fourth-order valence-electron chi connectivity index (χ4n) is 3.53. The standard InChI is InChI=1S/C21H20ClN3O6S/c1-30-17-4-2-3-14(21(26)27)19(17)24-20-15-11-13(22)5-6-16(15)23-12-18(20)32(28,29)25-7-9-31-10-8-25/h2-6,11-12H,7-10H2,1H3,(H,23,24)(H,26,27). The number of morpholine rings is 1. The van der Waals surface area contributed by atoms with Crippen molar-refractivity contribution in [2.75, 3.05) is 38.7 Å². The van der Waals surface area contributed by atoms with Crippen LogP contribution in [-0.2, 0) is 14.8 Å². The van der Waals surface area contributed by atoms with Crippen molar-refractivity contribution in [3.8, 4) is 5.75 Å². The van der Waals surface area contributed by atoms with Crippen molar-refractivity contribution in [1.82, 2.24) is 9.29 Å². The van der Waals surface area contributed by atoms with Gasteiger partial charge in [0.25, 0.3) is 0 Å². The minimum atomic E-state index is -3.97. The highest BCUT2D eigenvalue weighted by atomic mass is 35.5. The number of fused-ring (bicyclic) bond motifs is 1. The van der Waals surface area contributed by atoms with Crippen LogP contribution in [0.1, 0.15) is 10.4 Å². The first-order chi connectivity index (χ1) is 15.3. The molecule has 1 fully saturated rings. The van der Waals surface area contributed by atoms with E-state index in [1.807, 2.05) is 0 Å². The maximum Gasteiger partial charge on any atom is 0.337 e. The molecule has 0 aliphatic carbocycles. The lowest BCUT2D eigenvalue weighted by Crippen LogP contribution is -2.40. The molecular formula is C21H20ClN3O6S. The zero-order valence-electron chi connectivity index (χ0n) is 17.0. The van der Waals surface area contributed by atoms with Crippen LogP contribution in [0.4, 0.5) is 11.4 Å². The zero-order chi connectivity index (χ0) is 22.9. The molecule has 2 heterocycles. The van der Waals surface area contributed by atoms with Crippen LogP contribution in [0.5, 0.6) is 5.75 Å². The van der Waals surface area contributed by atoms with Gasteiger partial charge in [-0.25, -0.2) is 13.2 Å². The smallest absolute Gasteiger partial charge is 0.337 e. The number of benzene rings is 2. The highest BCUT2D eigenvalue weighted by molar-refractivity contribution is 7.89. The Morgan fingerprint density at radius 2 is 1.97 bits per heavy atom. The summed E-state index contributed by atoms with van der Waals surface area (Å²) in [5, 5.41) is 13.5. The number of ether oxygens (including phenoxy) is 2. The van der Waals surface area contributed by atoms with Gasteiger partial charge in [-0.05, 0) is 30.3 Å². The van der Waals surface area contributed by atoms with E-state index in [0.29, 0.717) is 15.9 Å². The zero-order valence-corrected chi connectivity index (χ0v) is 18.6. The van der Waals surface area contributed by atoms with Crippen LogP contribution in [0, 0.1) is 0 Å². The number of nitrogens with one attached hydrogen (secondary N) is 1. The molecule has 1 aromatic heterocycles. The van der Waals surface area contributed by atoms with Gasteiger partial charge in [0.15, 0.2) is 0 Å². The largest absolute Gasteiger partial charge is 0.495 e. The highest BCUT2D eigenvalue weighted by Crippen LogP contribution is 2.39. The maximum absolute atomic E-state index is 13.5. The second-order valence-electron chi connectivity index (χ2n) is 6.99. The summed E-state index contributed by atoms with van der Waals surface area (Å²) >= 11 is 6.20. The number of carboxylic acid groups (broad SMARTS) is 1. The van der Waals surface area contributed by atoms with Crippen molar-refractivity contribution in [1.29, 1.82) is 0 Å². The molecular weight excluding hydrogens is 458 g/mol. The van der Waals surface area contributed by atoms with E-state index in [-0.39, 0.29) is 53.9 Å². The quantitative estimate of drug-likeness (QED) is 0.554. The first-order valence-electron chi connectivity index (χ1n) is 9.66. The molecule has 1 saturated heterocycles. The summed E-state index contributed by atoms with van der Waals surface area (Å²) in [7, 11) is -2.57. The predicted octanol–water partition coefficient (Wildman–Crippen LogP) is 3.36. The van der Waals surface area contributed by atoms with Crippen LogP contribution in [0.25, 0.3) is 10.9 Å². The number of anilines is 2. The highest BCUT2D eigenvalue weighted by Gasteiger charge is 2.31. The van der Waals surface area contributed by atoms with Crippen LogP contribution in [-0.4, -0.2) is 62.2 Å². The molecule has 0 radical (unpaired) electrons. The Morgan fingerprint density at radius 1 is 1.22 bits per heavy atom. The van der Waals surface area contributed by atoms with Gasteiger partial charge < -0.3 is 19.9 Å². The van der Waals surface area contributed by atoms with Crippen molar-refractivity contribution in [2.24, 2.45) is 0 Å². The van der Waals surface area contributed by atoms with E-state index in [1.54, 1.807) is 30.3 Å². The first-order valence-corrected chi connectivity index (χ1v) is 11.5. The summed E-state index contributed by atoms with van der Waals surface area (Å²) in [6.45, 7) is 0.962. The SMILES string of the molecule is COc1cccc(C(=O)O)c1Nc1c(S(=O)(=O)N2CCOCC2)cnc2ccc(Cl)cc12. The monoisotopic (exact) mass is 477 g/mol. The van der Waals surface area contributed by atoms with E-state index in [0.717, 1.165) is 0 Å². The molecule has 9 nitrogen and oxygen atoms in total. The van der Waals surface area contributed by atoms with Gasteiger partial charge in [0.05, 0.1) is 42.8 Å². The minimum absolute atomic E-state index is 0.0777. The van der Waals surface area contributed by atoms with E-state index in [1.165, 1.54) is 23.7 Å². The van der Waals surface area contributed by atoms with Gasteiger partial charge in [-0.2, -0.15) is 4.31 Å². The fraction of sp³-hybridized carbons (Fsp3) is 0.238. The van der Waals surface area contributed by atoms with Crippen molar-refractivity contribution in [3.05, 3.63) is 53.2 Å². The molecule has 168 valence electrons. The second-order valence-corrected chi connectivity index (χ2v) is 9.33. The average molecular weight is 478 g/mol. The lowest BCUT2D eigenvalue weighted by molar-refractivity contribution is 0.0697. The van der Waals surface area contributed by atoms with Gasteiger partial charge in [0, 0.05) is 29.7 Å². The number of sulfonamides is 1. The van der Waals surface area contributed by atoms with Crippen LogP contribution in [0.3, 0.4) is 0 Å². The number of carbonyl (C=O) groups is 1. The third-order valence-electron chi connectivity index (χ3n) is 5.11. The molecule has 1 aliphatic heterocycles. The Morgan fingerprint density at radius 3 is 2.66 bits per heavy atom. The third kappa shape index (κ3) is 4.09. The van der Waals surface area contributed by atoms with Crippen molar-refractivity contribution >= 4 is 49.9 Å². The van der Waals surface area contributed by atoms with Crippen LogP contribution in [0.15, 0.2) is 47.5 Å². The third-order valence-corrected chi connectivity index (χ3v) is 7.26. The number of rotatable bonds is 6. The molecule has 1 aliphatic rings. The predicted molar refractivity (Wildman–Crippen MR) is 120 cm³/mol. The Labute approximate surface area is 189 Å². The number of hydrogen-bond acceptors (Lipinski definition) is 7. The number of nitrogens with zero attached hydrogens (tertiary/aromatic N) is 2. The summed E-state index contributed by atoms with van der Waals surface area (Å²) < 4.78 is 39.0. The molecule has 4 rings (SSSR count). The number of methoxy groups -OCH3 is 1. The van der Waals surface area contributed by atoms with Crippen molar-refractivity contribution in [3.63, 3.8) is 0 Å². The second kappa shape index (κ2) is 8.91. The Kier molecular flexibility index (Phi) is 6.20. The number of aromatic carboxylic acids is 1. The van der Waals surface area contributed by atoms with Gasteiger partial charge >= 0.3 is 5.97 Å². The summed E-state index contributed by atoms with van der Waals surface area (Å²) in [4.78, 5) is 16.1. The number of hydrogen-bond donors (Lipinski definition) is 2. The number of pyridine rings is 1. The van der Waals surface area contributed by atoms with E-state index < -0.39 is 16.0 Å². The topological polar surface area (TPSA) is 118 Å². The molecule has 0 spiro atoms. The lowest BCUT2D eigenvalue weighted by Gasteiger charge is -2.27. The molecule has 11 heteroatoms. The van der Waals surface area contributed by atoms with Gasteiger partial charge in [-0.15, -0.1) is 0 Å². The molecule has 2 aromatic carbocycles. The number of aromatic nitrogens is 1. The summed E-state index contributed by atoms with van der Waals surface area (Å²) in [5.74, 6) is -0.952. The Bertz CT molecular complexity index is 1290. The van der Waals surface area contributed by atoms with E-state index >= 15 is 0 Å². The van der Waals surface area contributed by atoms with Crippen LogP contribution in [0.2, 0.25) is 5.02 Å². The molecule has 0 saturated carbocycles. The molecule has 32 heavy (non-hydrogen) atoms. The van der Waals surface area contributed by atoms with E-state index in [4.69, 9.17) is 21.1 Å². The summed E-state index contributed by atoms with van der Waals surface area (Å²) in [6.07, 6.45) is 1.26. The van der Waals surface area contributed by atoms with Crippen LogP contribution < -0.4 is 10.1 Å². The van der Waals surface area contributed by atoms with E-state index in [9.17, 15) is 18.3 Å². The van der Waals surface area contributed by atoms with Gasteiger partial charge in [0.1, 0.15) is 10.6 Å². The van der Waals surface area contributed by atoms with Gasteiger partial charge in [0.2, 0.25) is 10.0 Å². The molecule has 0 bridgehead atoms. The van der Waals surface area contributed by atoms with Crippen LogP contribution >= 0.6 is 11.6 Å². The summed E-state index contributed by atoms with van der Waals surface area (Å²) in [6, 6.07) is 9.42. The molecule has 0 unspecified atom stereocenters. The van der Waals surface area contributed by atoms with Gasteiger partial charge in [-0.1, -0.05) is 17.7 Å². The molecule has 0 atom stereocenters. The number of carboxylic acids is 1. The van der Waals surface area contributed by atoms with Crippen molar-refractivity contribution < 1.29 is 27.8 Å². The number of halogens is 1. The number of para-hydroxylation sites is 1. The molecule has 0 amide bonds. The maximum atomic E-state index is 13.5. The average Bonchev–Trinajstić information content (AvgIpc) is 2.79. The molecule has 2 N–H and O–H groups in total. The van der Waals surface area contributed by atoms with E-state index in [2.05, 4.69) is 10.3 Å². The summed E-state index contributed by atoms with van der Waals surface area (Å²) in [5.41, 5.74) is 0.694.